The second-order valence-corrected chi connectivity index (χ2v) is 7.04. The molecule has 0 saturated carbocycles. The molecule has 3 aromatic carbocycles. The van der Waals surface area contributed by atoms with Gasteiger partial charge in [0.25, 0.3) is 5.91 Å². The van der Waals surface area contributed by atoms with E-state index in [1.807, 2.05) is 54.6 Å². The molecule has 2 amide bonds. The van der Waals surface area contributed by atoms with Gasteiger partial charge in [-0.1, -0.05) is 48.5 Å². The average molecular weight is 416 g/mol. The number of carbonyl (C=O) groups is 3. The van der Waals surface area contributed by atoms with Crippen LogP contribution in [0.3, 0.4) is 0 Å². The van der Waals surface area contributed by atoms with Crippen LogP contribution in [0.2, 0.25) is 0 Å². The molecule has 0 fully saturated rings. The van der Waals surface area contributed by atoms with Crippen molar-refractivity contribution in [2.24, 2.45) is 0 Å². The van der Waals surface area contributed by atoms with Crippen LogP contribution in [0.15, 0.2) is 78.9 Å². The summed E-state index contributed by atoms with van der Waals surface area (Å²) in [5, 5.41) is 5.73. The van der Waals surface area contributed by atoms with Crippen molar-refractivity contribution in [3.63, 3.8) is 0 Å². The molecule has 0 heterocycles. The highest BCUT2D eigenvalue weighted by Gasteiger charge is 2.09. The van der Waals surface area contributed by atoms with Gasteiger partial charge in [0, 0.05) is 31.1 Å². The molecule has 6 nitrogen and oxygen atoms in total. The number of hydrogen-bond donors (Lipinski definition) is 2. The highest BCUT2D eigenvalue weighted by atomic mass is 16.5. The van der Waals surface area contributed by atoms with Crippen molar-refractivity contribution in [3.8, 4) is 5.75 Å². The maximum atomic E-state index is 12.4. The SMILES string of the molecule is CC(=O)Oc1cccc(C(=O)NCc2cccc(NC(=O)CCc3ccccc3)c2)c1. The summed E-state index contributed by atoms with van der Waals surface area (Å²) in [5.41, 5.74) is 3.04. The molecule has 0 radical (unpaired) electrons. The number of nitrogens with one attached hydrogen (secondary N) is 2. The minimum Gasteiger partial charge on any atom is -0.427 e. The predicted octanol–water partition coefficient (Wildman–Crippen LogP) is 4.11. The molecule has 6 heteroatoms. The Balaban J connectivity index is 1.52. The second kappa shape index (κ2) is 10.7. The maximum Gasteiger partial charge on any atom is 0.308 e. The van der Waals surface area contributed by atoms with Crippen LogP contribution in [0, 0.1) is 0 Å². The smallest absolute Gasteiger partial charge is 0.308 e. The Morgan fingerprint density at radius 2 is 1.58 bits per heavy atom. The molecule has 0 atom stereocenters. The molecule has 0 unspecified atom stereocenters. The van der Waals surface area contributed by atoms with Gasteiger partial charge in [0.15, 0.2) is 0 Å². The van der Waals surface area contributed by atoms with Crippen LogP contribution < -0.4 is 15.4 Å². The highest BCUT2D eigenvalue weighted by Crippen LogP contribution is 2.15. The molecule has 0 spiro atoms. The Labute approximate surface area is 181 Å². The van der Waals surface area contributed by atoms with E-state index in [0.717, 1.165) is 11.1 Å². The van der Waals surface area contributed by atoms with E-state index in [0.29, 0.717) is 36.4 Å². The van der Waals surface area contributed by atoms with Crippen LogP contribution in [-0.2, 0) is 22.6 Å². The molecule has 0 aromatic heterocycles. The number of ether oxygens (including phenoxy) is 1. The summed E-state index contributed by atoms with van der Waals surface area (Å²) < 4.78 is 5.01. The van der Waals surface area contributed by atoms with Crippen molar-refractivity contribution in [1.82, 2.24) is 5.32 Å². The van der Waals surface area contributed by atoms with Gasteiger partial charge >= 0.3 is 5.97 Å². The summed E-state index contributed by atoms with van der Waals surface area (Å²) in [5.74, 6) is -0.473. The number of esters is 1. The van der Waals surface area contributed by atoms with Crippen molar-refractivity contribution in [1.29, 1.82) is 0 Å². The lowest BCUT2D eigenvalue weighted by Crippen LogP contribution is -2.23. The fraction of sp³-hybridized carbons (Fsp3) is 0.160. The largest absolute Gasteiger partial charge is 0.427 e. The van der Waals surface area contributed by atoms with Crippen LogP contribution in [0.25, 0.3) is 0 Å². The topological polar surface area (TPSA) is 84.5 Å². The molecule has 2 N–H and O–H groups in total. The fourth-order valence-electron chi connectivity index (χ4n) is 3.04. The number of rotatable bonds is 8. The van der Waals surface area contributed by atoms with E-state index in [-0.39, 0.29) is 11.8 Å². The van der Waals surface area contributed by atoms with E-state index in [2.05, 4.69) is 10.6 Å². The van der Waals surface area contributed by atoms with Crippen LogP contribution in [0.5, 0.6) is 5.75 Å². The van der Waals surface area contributed by atoms with Crippen molar-refractivity contribution in [2.45, 2.75) is 26.3 Å². The number of benzene rings is 3. The van der Waals surface area contributed by atoms with Gasteiger partial charge in [0.05, 0.1) is 0 Å². The second-order valence-electron chi connectivity index (χ2n) is 7.04. The summed E-state index contributed by atoms with van der Waals surface area (Å²) in [6.45, 7) is 1.60. The first-order chi connectivity index (χ1) is 15.0. The van der Waals surface area contributed by atoms with Gasteiger partial charge in [-0.2, -0.15) is 0 Å². The third kappa shape index (κ3) is 7.12. The zero-order valence-electron chi connectivity index (χ0n) is 17.3. The third-order valence-electron chi connectivity index (χ3n) is 4.51. The van der Waals surface area contributed by atoms with Crippen molar-refractivity contribution < 1.29 is 19.1 Å². The minimum absolute atomic E-state index is 0.0627. The first kappa shape index (κ1) is 21.8. The van der Waals surface area contributed by atoms with Crippen LogP contribution in [-0.4, -0.2) is 17.8 Å². The van der Waals surface area contributed by atoms with Crippen molar-refractivity contribution >= 4 is 23.5 Å². The lowest BCUT2D eigenvalue weighted by atomic mass is 10.1. The number of anilines is 1. The van der Waals surface area contributed by atoms with Gasteiger partial charge in [-0.05, 0) is 47.9 Å². The standard InChI is InChI=1S/C25H24N2O4/c1-18(28)31-23-12-6-10-21(16-23)25(30)26-17-20-9-5-11-22(15-20)27-24(29)14-13-19-7-3-2-4-8-19/h2-12,15-16H,13-14,17H2,1H3,(H,26,30)(H,27,29). The van der Waals surface area contributed by atoms with E-state index in [1.54, 1.807) is 18.2 Å². The van der Waals surface area contributed by atoms with Gasteiger partial charge in [-0.3, -0.25) is 14.4 Å². The predicted molar refractivity (Wildman–Crippen MR) is 119 cm³/mol. The van der Waals surface area contributed by atoms with Crippen LogP contribution in [0.1, 0.15) is 34.8 Å². The van der Waals surface area contributed by atoms with Gasteiger partial charge in [0.1, 0.15) is 5.75 Å². The Morgan fingerprint density at radius 3 is 2.35 bits per heavy atom. The van der Waals surface area contributed by atoms with Gasteiger partial charge in [-0.15, -0.1) is 0 Å². The molecule has 3 aromatic rings. The van der Waals surface area contributed by atoms with Gasteiger partial charge < -0.3 is 15.4 Å². The van der Waals surface area contributed by atoms with Gasteiger partial charge in [0.2, 0.25) is 5.91 Å². The lowest BCUT2D eigenvalue weighted by Gasteiger charge is -2.10. The summed E-state index contributed by atoms with van der Waals surface area (Å²) in [6.07, 6.45) is 1.07. The number of carbonyl (C=O) groups excluding carboxylic acids is 3. The Hall–Kier alpha value is -3.93. The molecule has 0 aliphatic heterocycles. The number of hydrogen-bond acceptors (Lipinski definition) is 4. The fourth-order valence-corrected chi connectivity index (χ4v) is 3.04. The number of amides is 2. The monoisotopic (exact) mass is 416 g/mol. The third-order valence-corrected chi connectivity index (χ3v) is 4.51. The van der Waals surface area contributed by atoms with E-state index in [9.17, 15) is 14.4 Å². The molecule has 0 aliphatic carbocycles. The van der Waals surface area contributed by atoms with Gasteiger partial charge in [-0.25, -0.2) is 0 Å². The summed E-state index contributed by atoms with van der Waals surface area (Å²) in [7, 11) is 0. The van der Waals surface area contributed by atoms with Crippen molar-refractivity contribution in [2.75, 3.05) is 5.32 Å². The molecular weight excluding hydrogens is 392 g/mol. The summed E-state index contributed by atoms with van der Waals surface area (Å²) in [4.78, 5) is 35.7. The Morgan fingerprint density at radius 1 is 0.839 bits per heavy atom. The first-order valence-electron chi connectivity index (χ1n) is 9.99. The highest BCUT2D eigenvalue weighted by molar-refractivity contribution is 5.94. The molecule has 0 aliphatic rings. The summed E-state index contributed by atoms with van der Waals surface area (Å²) in [6, 6.07) is 23.6. The molecule has 158 valence electrons. The first-order valence-corrected chi connectivity index (χ1v) is 9.99. The molecule has 3 rings (SSSR count). The summed E-state index contributed by atoms with van der Waals surface area (Å²) >= 11 is 0. The van der Waals surface area contributed by atoms with E-state index >= 15 is 0 Å². The van der Waals surface area contributed by atoms with Crippen molar-refractivity contribution in [3.05, 3.63) is 95.6 Å². The zero-order valence-corrected chi connectivity index (χ0v) is 17.3. The lowest BCUT2D eigenvalue weighted by molar-refractivity contribution is -0.131. The molecule has 0 saturated heterocycles. The van der Waals surface area contributed by atoms with E-state index in [1.165, 1.54) is 13.0 Å². The quantitative estimate of drug-likeness (QED) is 0.427. The average Bonchev–Trinajstić information content (AvgIpc) is 2.77. The Bertz CT molecular complexity index is 1060. The van der Waals surface area contributed by atoms with Crippen LogP contribution in [0.4, 0.5) is 5.69 Å². The zero-order chi connectivity index (χ0) is 22.1. The maximum absolute atomic E-state index is 12.4. The van der Waals surface area contributed by atoms with Crippen LogP contribution >= 0.6 is 0 Å². The Kier molecular flexibility index (Phi) is 7.54. The van der Waals surface area contributed by atoms with E-state index < -0.39 is 5.97 Å². The van der Waals surface area contributed by atoms with E-state index in [4.69, 9.17) is 4.74 Å². The normalized spacial score (nSPS) is 10.2. The molecular formula is C25H24N2O4. The molecule has 0 bridgehead atoms. The minimum atomic E-state index is -0.444. The number of aryl methyl sites for hydroxylation is 1. The molecule has 31 heavy (non-hydrogen) atoms.